The lowest BCUT2D eigenvalue weighted by Crippen LogP contribution is -2.28. The lowest BCUT2D eigenvalue weighted by Gasteiger charge is -2.16. The van der Waals surface area contributed by atoms with Crippen molar-refractivity contribution >= 4 is 12.4 Å². The Balaban J connectivity index is 0.00000180. The van der Waals surface area contributed by atoms with Gasteiger partial charge < -0.3 is 10.1 Å². The molecule has 3 nitrogen and oxygen atoms in total. The molecule has 1 unspecified atom stereocenters. The molecule has 1 aliphatic rings. The molecule has 0 spiro atoms. The molecule has 0 saturated carbocycles. The Morgan fingerprint density at radius 3 is 2.95 bits per heavy atom. The van der Waals surface area contributed by atoms with E-state index >= 15 is 0 Å². The van der Waals surface area contributed by atoms with Crippen LogP contribution in [0.4, 0.5) is 4.39 Å². The van der Waals surface area contributed by atoms with Gasteiger partial charge in [0.15, 0.2) is 11.6 Å². The third-order valence-corrected chi connectivity index (χ3v) is 3.36. The first-order valence-corrected chi connectivity index (χ1v) is 6.54. The van der Waals surface area contributed by atoms with E-state index in [-0.39, 0.29) is 18.2 Å². The molecule has 1 atom stereocenters. The van der Waals surface area contributed by atoms with Crippen LogP contribution in [-0.4, -0.2) is 44.7 Å². The van der Waals surface area contributed by atoms with E-state index in [1.807, 2.05) is 7.05 Å². The highest BCUT2D eigenvalue weighted by molar-refractivity contribution is 5.85. The molecule has 19 heavy (non-hydrogen) atoms. The quantitative estimate of drug-likeness (QED) is 0.868. The van der Waals surface area contributed by atoms with Crippen molar-refractivity contribution in [2.45, 2.75) is 6.42 Å². The zero-order valence-electron chi connectivity index (χ0n) is 11.3. The minimum Gasteiger partial charge on any atom is -0.489 e. The molecule has 108 valence electrons. The average molecular weight is 289 g/mol. The number of nitrogens with zero attached hydrogens (tertiary/aromatic N) is 1. The molecule has 1 saturated heterocycles. The Morgan fingerprint density at radius 1 is 1.42 bits per heavy atom. The van der Waals surface area contributed by atoms with Crippen LogP contribution in [0, 0.1) is 11.7 Å². The molecule has 0 radical (unpaired) electrons. The summed E-state index contributed by atoms with van der Waals surface area (Å²) in [4.78, 5) is 2.38. The lowest BCUT2D eigenvalue weighted by atomic mass is 10.1. The standard InChI is InChI=1S/C14H21FN2O.ClH/c1-16-10-12-6-7-17(11-12)8-9-18-14-5-3-2-4-13(14)15;/h2-5,12,16H,6-11H2,1H3;1H. The van der Waals surface area contributed by atoms with Gasteiger partial charge in [-0.25, -0.2) is 4.39 Å². The van der Waals surface area contributed by atoms with Crippen LogP contribution in [0.5, 0.6) is 5.75 Å². The molecule has 5 heteroatoms. The van der Waals surface area contributed by atoms with E-state index in [2.05, 4.69) is 10.2 Å². The highest BCUT2D eigenvalue weighted by Gasteiger charge is 2.21. The monoisotopic (exact) mass is 288 g/mol. The summed E-state index contributed by atoms with van der Waals surface area (Å²) >= 11 is 0. The van der Waals surface area contributed by atoms with E-state index < -0.39 is 0 Å². The van der Waals surface area contributed by atoms with E-state index in [1.165, 1.54) is 12.5 Å². The first kappa shape index (κ1) is 16.2. The van der Waals surface area contributed by atoms with Crippen LogP contribution in [0.2, 0.25) is 0 Å². The van der Waals surface area contributed by atoms with Crippen molar-refractivity contribution in [1.29, 1.82) is 0 Å². The predicted molar refractivity (Wildman–Crippen MR) is 77.6 cm³/mol. The van der Waals surface area contributed by atoms with Crippen molar-refractivity contribution in [3.8, 4) is 5.75 Å². The van der Waals surface area contributed by atoms with E-state index in [9.17, 15) is 4.39 Å². The molecule has 0 aliphatic carbocycles. The van der Waals surface area contributed by atoms with Crippen LogP contribution in [-0.2, 0) is 0 Å². The molecule has 0 amide bonds. The van der Waals surface area contributed by atoms with Crippen LogP contribution in [0.1, 0.15) is 6.42 Å². The Hall–Kier alpha value is -0.840. The van der Waals surface area contributed by atoms with Crippen molar-refractivity contribution in [2.24, 2.45) is 5.92 Å². The normalized spacial score (nSPS) is 19.2. The Bertz CT molecular complexity index is 378. The molecule has 1 aliphatic heterocycles. The lowest BCUT2D eigenvalue weighted by molar-refractivity contribution is 0.226. The number of hydrogen-bond acceptors (Lipinski definition) is 3. The van der Waals surface area contributed by atoms with Crippen LogP contribution in [0.15, 0.2) is 24.3 Å². The van der Waals surface area contributed by atoms with E-state index in [4.69, 9.17) is 4.74 Å². The van der Waals surface area contributed by atoms with Gasteiger partial charge in [0, 0.05) is 13.1 Å². The SMILES string of the molecule is CNCC1CCN(CCOc2ccccc2F)C1.Cl. The van der Waals surface area contributed by atoms with E-state index in [0.29, 0.717) is 12.4 Å². The molecule has 1 heterocycles. The number of nitrogens with one attached hydrogen (secondary N) is 1. The number of ether oxygens (including phenoxy) is 1. The minimum atomic E-state index is -0.285. The Labute approximate surface area is 120 Å². The molecular formula is C14H22ClFN2O. The Kier molecular flexibility index (Phi) is 7.13. The summed E-state index contributed by atoms with van der Waals surface area (Å²) in [6.07, 6.45) is 1.24. The largest absolute Gasteiger partial charge is 0.489 e. The fourth-order valence-electron chi connectivity index (χ4n) is 2.42. The fourth-order valence-corrected chi connectivity index (χ4v) is 2.42. The van der Waals surface area contributed by atoms with Crippen LogP contribution >= 0.6 is 12.4 Å². The van der Waals surface area contributed by atoms with Gasteiger partial charge in [-0.2, -0.15) is 0 Å². The summed E-state index contributed by atoms with van der Waals surface area (Å²) in [5.74, 6) is 0.805. The maximum atomic E-state index is 13.3. The molecule has 0 aromatic heterocycles. The van der Waals surface area contributed by atoms with Gasteiger partial charge in [-0.3, -0.25) is 4.90 Å². The van der Waals surface area contributed by atoms with Gasteiger partial charge in [-0.05, 0) is 44.6 Å². The highest BCUT2D eigenvalue weighted by Crippen LogP contribution is 2.17. The summed E-state index contributed by atoms with van der Waals surface area (Å²) in [6.45, 7) is 4.72. The van der Waals surface area contributed by atoms with Crippen molar-refractivity contribution in [3.63, 3.8) is 0 Å². The number of para-hydroxylation sites is 1. The maximum absolute atomic E-state index is 13.3. The molecule has 1 aromatic rings. The first-order valence-electron chi connectivity index (χ1n) is 6.54. The van der Waals surface area contributed by atoms with Crippen LogP contribution in [0.3, 0.4) is 0 Å². The van der Waals surface area contributed by atoms with Gasteiger partial charge >= 0.3 is 0 Å². The van der Waals surface area contributed by atoms with E-state index in [0.717, 1.165) is 32.1 Å². The zero-order valence-corrected chi connectivity index (χ0v) is 12.1. The predicted octanol–water partition coefficient (Wildman–Crippen LogP) is 2.17. The van der Waals surface area contributed by atoms with Gasteiger partial charge in [0.25, 0.3) is 0 Å². The third-order valence-electron chi connectivity index (χ3n) is 3.36. The average Bonchev–Trinajstić information content (AvgIpc) is 2.80. The maximum Gasteiger partial charge on any atom is 0.165 e. The summed E-state index contributed by atoms with van der Waals surface area (Å²) in [6, 6.07) is 6.56. The second-order valence-electron chi connectivity index (χ2n) is 4.79. The summed E-state index contributed by atoms with van der Waals surface area (Å²) in [5, 5.41) is 3.21. The van der Waals surface area contributed by atoms with Crippen molar-refractivity contribution in [1.82, 2.24) is 10.2 Å². The molecule has 2 rings (SSSR count). The Morgan fingerprint density at radius 2 is 2.21 bits per heavy atom. The number of rotatable bonds is 6. The topological polar surface area (TPSA) is 24.5 Å². The van der Waals surface area contributed by atoms with Gasteiger partial charge in [-0.1, -0.05) is 12.1 Å². The van der Waals surface area contributed by atoms with Crippen LogP contribution in [0.25, 0.3) is 0 Å². The van der Waals surface area contributed by atoms with Crippen molar-refractivity contribution in [3.05, 3.63) is 30.1 Å². The van der Waals surface area contributed by atoms with Crippen molar-refractivity contribution < 1.29 is 9.13 Å². The molecule has 1 fully saturated rings. The molecule has 1 aromatic carbocycles. The summed E-state index contributed by atoms with van der Waals surface area (Å²) in [7, 11) is 1.99. The van der Waals surface area contributed by atoms with Crippen LogP contribution < -0.4 is 10.1 Å². The second-order valence-corrected chi connectivity index (χ2v) is 4.79. The van der Waals surface area contributed by atoms with Crippen molar-refractivity contribution in [2.75, 3.05) is 39.8 Å². The number of halogens is 2. The third kappa shape index (κ3) is 4.97. The zero-order chi connectivity index (χ0) is 12.8. The number of hydrogen-bond donors (Lipinski definition) is 1. The molecule has 0 bridgehead atoms. The van der Waals surface area contributed by atoms with Gasteiger partial charge in [0.1, 0.15) is 6.61 Å². The fraction of sp³-hybridized carbons (Fsp3) is 0.571. The second kappa shape index (κ2) is 8.35. The molecular weight excluding hydrogens is 267 g/mol. The smallest absolute Gasteiger partial charge is 0.165 e. The summed E-state index contributed by atoms with van der Waals surface area (Å²) in [5.41, 5.74) is 0. The van der Waals surface area contributed by atoms with E-state index in [1.54, 1.807) is 18.2 Å². The van der Waals surface area contributed by atoms with Gasteiger partial charge in [0.2, 0.25) is 0 Å². The molecule has 1 N–H and O–H groups in total. The summed E-state index contributed by atoms with van der Waals surface area (Å²) < 4.78 is 18.8. The first-order chi connectivity index (χ1) is 8.79. The minimum absolute atomic E-state index is 0. The van der Waals surface area contributed by atoms with Gasteiger partial charge in [0.05, 0.1) is 0 Å². The highest BCUT2D eigenvalue weighted by atomic mass is 35.5. The number of benzene rings is 1. The van der Waals surface area contributed by atoms with Gasteiger partial charge in [-0.15, -0.1) is 12.4 Å². The number of likely N-dealkylation sites (tertiary alicyclic amines) is 1.